The fourth-order valence-corrected chi connectivity index (χ4v) is 1.58. The summed E-state index contributed by atoms with van der Waals surface area (Å²) in [7, 11) is 1.54. The van der Waals surface area contributed by atoms with Gasteiger partial charge in [-0.2, -0.15) is 0 Å². The maximum absolute atomic E-state index is 13.0. The number of hydrogen-bond acceptors (Lipinski definition) is 3. The number of benzene rings is 1. The highest BCUT2D eigenvalue weighted by atomic mass is 19.2. The van der Waals surface area contributed by atoms with Crippen molar-refractivity contribution in [2.75, 3.05) is 20.2 Å². The second kappa shape index (κ2) is 7.57. The third-order valence-electron chi connectivity index (χ3n) is 2.72. The van der Waals surface area contributed by atoms with Crippen LogP contribution in [0.25, 0.3) is 0 Å². The van der Waals surface area contributed by atoms with E-state index in [0.29, 0.717) is 12.2 Å². The first-order chi connectivity index (χ1) is 9.43. The van der Waals surface area contributed by atoms with E-state index in [9.17, 15) is 18.4 Å². The van der Waals surface area contributed by atoms with Crippen molar-refractivity contribution in [1.29, 1.82) is 0 Å². The number of likely N-dealkylation sites (N-methyl/N-ethyl adjacent to an activating group) is 1. The summed E-state index contributed by atoms with van der Waals surface area (Å²) >= 11 is 0. The Kier molecular flexibility index (Phi) is 6.09. The molecule has 20 heavy (non-hydrogen) atoms. The minimum atomic E-state index is -0.982. The number of carbonyl (C=O) groups excluding carboxylic acids is 2. The topological polar surface area (TPSA) is 46.6 Å². The summed E-state index contributed by atoms with van der Waals surface area (Å²) in [5, 5.41) is 0. The van der Waals surface area contributed by atoms with Gasteiger partial charge in [-0.1, -0.05) is 6.07 Å². The molecule has 0 aliphatic carbocycles. The van der Waals surface area contributed by atoms with Gasteiger partial charge in [-0.25, -0.2) is 8.78 Å². The van der Waals surface area contributed by atoms with Gasteiger partial charge >= 0.3 is 5.97 Å². The Hall–Kier alpha value is -1.98. The molecule has 0 fully saturated rings. The molecule has 4 nitrogen and oxygen atoms in total. The first-order valence-corrected chi connectivity index (χ1v) is 6.27. The number of nitrogens with zero attached hydrogens (tertiary/aromatic N) is 1. The van der Waals surface area contributed by atoms with Gasteiger partial charge < -0.3 is 9.64 Å². The summed E-state index contributed by atoms with van der Waals surface area (Å²) in [5.41, 5.74) is 0.386. The zero-order valence-electron chi connectivity index (χ0n) is 11.5. The Labute approximate surface area is 116 Å². The number of ether oxygens (including phenoxy) is 1. The van der Waals surface area contributed by atoms with E-state index < -0.39 is 11.6 Å². The molecule has 0 aliphatic heterocycles. The second-order valence-electron chi connectivity index (χ2n) is 4.30. The molecule has 0 N–H and O–H groups in total. The largest absolute Gasteiger partial charge is 0.466 e. The molecule has 1 rings (SSSR count). The minimum Gasteiger partial charge on any atom is -0.466 e. The monoisotopic (exact) mass is 285 g/mol. The van der Waals surface area contributed by atoms with Crippen LogP contribution in [0.2, 0.25) is 0 Å². The molecule has 0 saturated heterocycles. The average Bonchev–Trinajstić information content (AvgIpc) is 2.40. The molecule has 1 aromatic carbocycles. The van der Waals surface area contributed by atoms with E-state index >= 15 is 0 Å². The maximum Gasteiger partial charge on any atom is 0.307 e. The number of amides is 1. The van der Waals surface area contributed by atoms with Crippen LogP contribution in [-0.2, 0) is 20.7 Å². The summed E-state index contributed by atoms with van der Waals surface area (Å²) in [6, 6.07) is 3.33. The minimum absolute atomic E-state index is 0.0451. The van der Waals surface area contributed by atoms with Crippen molar-refractivity contribution in [3.63, 3.8) is 0 Å². The normalized spacial score (nSPS) is 10.2. The standard InChI is InChI=1S/C14H17F2NO3/c1-3-20-14(19)6-7-17(2)13(18)9-10-4-5-11(15)12(16)8-10/h4-5,8H,3,6-7,9H2,1-2H3. The molecule has 0 bridgehead atoms. The van der Waals surface area contributed by atoms with E-state index in [4.69, 9.17) is 4.74 Å². The molecule has 0 aromatic heterocycles. The van der Waals surface area contributed by atoms with Crippen molar-refractivity contribution in [2.24, 2.45) is 0 Å². The lowest BCUT2D eigenvalue weighted by Crippen LogP contribution is -2.30. The zero-order chi connectivity index (χ0) is 15.1. The first kappa shape index (κ1) is 16.1. The van der Waals surface area contributed by atoms with E-state index in [1.807, 2.05) is 0 Å². The van der Waals surface area contributed by atoms with Crippen LogP contribution in [0.3, 0.4) is 0 Å². The van der Waals surface area contributed by atoms with Gasteiger partial charge in [-0.15, -0.1) is 0 Å². The van der Waals surface area contributed by atoms with E-state index in [-0.39, 0.29) is 31.3 Å². The molecular weight excluding hydrogens is 268 g/mol. The predicted octanol–water partition coefficient (Wildman–Crippen LogP) is 1.92. The van der Waals surface area contributed by atoms with Crippen LogP contribution in [0.15, 0.2) is 18.2 Å². The molecule has 110 valence electrons. The van der Waals surface area contributed by atoms with E-state index in [2.05, 4.69) is 0 Å². The highest BCUT2D eigenvalue weighted by Gasteiger charge is 2.13. The van der Waals surface area contributed by atoms with E-state index in [1.54, 1.807) is 14.0 Å². The van der Waals surface area contributed by atoms with Gasteiger partial charge in [0.15, 0.2) is 11.6 Å². The molecule has 1 amide bonds. The summed E-state index contributed by atoms with van der Waals surface area (Å²) in [6.07, 6.45) is 0.0599. The highest BCUT2D eigenvalue weighted by Crippen LogP contribution is 2.10. The molecule has 1 aromatic rings. The fraction of sp³-hybridized carbons (Fsp3) is 0.429. The smallest absolute Gasteiger partial charge is 0.307 e. The predicted molar refractivity (Wildman–Crippen MR) is 68.9 cm³/mol. The Morgan fingerprint density at radius 3 is 2.55 bits per heavy atom. The summed E-state index contributed by atoms with van der Waals surface area (Å²) in [6.45, 7) is 2.22. The van der Waals surface area contributed by atoms with Crippen molar-refractivity contribution < 1.29 is 23.1 Å². The molecule has 6 heteroatoms. The van der Waals surface area contributed by atoms with Crippen LogP contribution in [0.5, 0.6) is 0 Å². The van der Waals surface area contributed by atoms with Crippen LogP contribution in [0.4, 0.5) is 8.78 Å². The Morgan fingerprint density at radius 1 is 1.25 bits per heavy atom. The third-order valence-corrected chi connectivity index (χ3v) is 2.72. The fourth-order valence-electron chi connectivity index (χ4n) is 1.58. The van der Waals surface area contributed by atoms with Crippen LogP contribution in [0, 0.1) is 11.6 Å². The van der Waals surface area contributed by atoms with E-state index in [1.165, 1.54) is 11.0 Å². The first-order valence-electron chi connectivity index (χ1n) is 6.27. The average molecular weight is 285 g/mol. The van der Waals surface area contributed by atoms with Crippen molar-refractivity contribution in [3.8, 4) is 0 Å². The number of rotatable bonds is 6. The summed E-state index contributed by atoms with van der Waals surface area (Å²) in [4.78, 5) is 24.4. The van der Waals surface area contributed by atoms with Gasteiger partial charge in [-0.3, -0.25) is 9.59 Å². The van der Waals surface area contributed by atoms with Crippen LogP contribution in [-0.4, -0.2) is 37.0 Å². The molecule has 0 unspecified atom stereocenters. The second-order valence-corrected chi connectivity index (χ2v) is 4.30. The Balaban J connectivity index is 2.48. The number of hydrogen-bond donors (Lipinski definition) is 0. The molecule has 0 saturated carbocycles. The quantitative estimate of drug-likeness (QED) is 0.750. The van der Waals surface area contributed by atoms with Crippen LogP contribution in [0.1, 0.15) is 18.9 Å². The zero-order valence-corrected chi connectivity index (χ0v) is 11.5. The van der Waals surface area contributed by atoms with E-state index in [0.717, 1.165) is 12.1 Å². The van der Waals surface area contributed by atoms with Gasteiger partial charge in [0.2, 0.25) is 5.91 Å². The maximum atomic E-state index is 13.0. The van der Waals surface area contributed by atoms with Crippen molar-refractivity contribution >= 4 is 11.9 Å². The molecule has 0 spiro atoms. The van der Waals surface area contributed by atoms with Gasteiger partial charge in [-0.05, 0) is 24.6 Å². The number of esters is 1. The van der Waals surface area contributed by atoms with Gasteiger partial charge in [0.25, 0.3) is 0 Å². The Bertz CT molecular complexity index is 491. The van der Waals surface area contributed by atoms with Crippen molar-refractivity contribution in [2.45, 2.75) is 19.8 Å². The van der Waals surface area contributed by atoms with Crippen LogP contribution >= 0.6 is 0 Å². The summed E-state index contributed by atoms with van der Waals surface area (Å²) < 4.78 is 30.5. The number of carbonyl (C=O) groups is 2. The summed E-state index contributed by atoms with van der Waals surface area (Å²) in [5.74, 6) is -2.58. The third kappa shape index (κ3) is 4.95. The van der Waals surface area contributed by atoms with Gasteiger partial charge in [0, 0.05) is 13.6 Å². The molecule has 0 atom stereocenters. The number of halogens is 2. The van der Waals surface area contributed by atoms with Crippen molar-refractivity contribution in [3.05, 3.63) is 35.4 Å². The lowest BCUT2D eigenvalue weighted by molar-refractivity contribution is -0.143. The highest BCUT2D eigenvalue weighted by molar-refractivity contribution is 5.79. The molecular formula is C14H17F2NO3. The lowest BCUT2D eigenvalue weighted by Gasteiger charge is -2.16. The molecule has 0 aliphatic rings. The van der Waals surface area contributed by atoms with Gasteiger partial charge in [0.1, 0.15) is 0 Å². The lowest BCUT2D eigenvalue weighted by atomic mass is 10.1. The SMILES string of the molecule is CCOC(=O)CCN(C)C(=O)Cc1ccc(F)c(F)c1. The van der Waals surface area contributed by atoms with Gasteiger partial charge in [0.05, 0.1) is 19.4 Å². The molecule has 0 heterocycles. The molecule has 0 radical (unpaired) electrons. The van der Waals surface area contributed by atoms with Crippen molar-refractivity contribution in [1.82, 2.24) is 4.90 Å². The Morgan fingerprint density at radius 2 is 1.95 bits per heavy atom. The van der Waals surface area contributed by atoms with Crippen LogP contribution < -0.4 is 0 Å².